The number of imidazole rings is 1. The molecule has 5 rings (SSSR count). The fourth-order valence-corrected chi connectivity index (χ4v) is 5.39. The number of benzene rings is 1. The van der Waals surface area contributed by atoms with E-state index in [0.717, 1.165) is 25.9 Å². The summed E-state index contributed by atoms with van der Waals surface area (Å²) in [4.78, 5) is 33.5. The van der Waals surface area contributed by atoms with E-state index >= 15 is 0 Å². The summed E-state index contributed by atoms with van der Waals surface area (Å²) < 4.78 is 43.7. The number of piperidine rings is 1. The second-order valence-electron chi connectivity index (χ2n) is 10.2. The molecule has 194 valence electrons. The van der Waals surface area contributed by atoms with E-state index in [1.807, 2.05) is 0 Å². The van der Waals surface area contributed by atoms with Crippen LogP contribution in [0.1, 0.15) is 35.3 Å². The van der Waals surface area contributed by atoms with Crippen LogP contribution in [0, 0.1) is 17.8 Å². The Morgan fingerprint density at radius 3 is 2.58 bits per heavy atom. The Bertz CT molecular complexity index is 1100. The molecule has 8 nitrogen and oxygen atoms in total. The molecule has 1 N–H and O–H groups in total. The van der Waals surface area contributed by atoms with Gasteiger partial charge in [0, 0.05) is 45.5 Å². The first-order valence-electron chi connectivity index (χ1n) is 12.3. The number of ether oxygens (including phenoxy) is 1. The normalized spacial score (nSPS) is 23.6. The third-order valence-electron chi connectivity index (χ3n) is 7.43. The predicted molar refractivity (Wildman–Crippen MR) is 124 cm³/mol. The van der Waals surface area contributed by atoms with E-state index in [1.54, 1.807) is 35.1 Å². The van der Waals surface area contributed by atoms with Crippen molar-refractivity contribution in [3.63, 3.8) is 0 Å². The van der Waals surface area contributed by atoms with E-state index in [0.29, 0.717) is 48.1 Å². The number of nitrogens with zero attached hydrogens (tertiary/aromatic N) is 4. The van der Waals surface area contributed by atoms with Crippen molar-refractivity contribution < 1.29 is 27.5 Å². The Morgan fingerprint density at radius 2 is 1.97 bits per heavy atom. The maximum atomic E-state index is 13.3. The maximum Gasteiger partial charge on any atom is 0.573 e. The summed E-state index contributed by atoms with van der Waals surface area (Å²) in [6.07, 6.45) is 1.69. The topological polar surface area (TPSA) is 79.7 Å². The van der Waals surface area contributed by atoms with Crippen LogP contribution in [0.15, 0.2) is 36.8 Å². The van der Waals surface area contributed by atoms with Crippen molar-refractivity contribution in [3.8, 4) is 5.75 Å². The minimum absolute atomic E-state index is 0.0745. The fourth-order valence-electron chi connectivity index (χ4n) is 5.39. The van der Waals surface area contributed by atoms with Gasteiger partial charge < -0.3 is 19.5 Å². The molecule has 36 heavy (non-hydrogen) atoms. The van der Waals surface area contributed by atoms with Gasteiger partial charge in [-0.05, 0) is 54.7 Å². The zero-order valence-corrected chi connectivity index (χ0v) is 20.1. The second-order valence-corrected chi connectivity index (χ2v) is 10.2. The zero-order valence-electron chi connectivity index (χ0n) is 20.1. The van der Waals surface area contributed by atoms with Crippen molar-refractivity contribution in [2.75, 3.05) is 26.2 Å². The second kappa shape index (κ2) is 9.76. The van der Waals surface area contributed by atoms with Gasteiger partial charge in [-0.15, -0.1) is 13.2 Å². The highest BCUT2D eigenvalue weighted by Crippen LogP contribution is 2.52. The van der Waals surface area contributed by atoms with Gasteiger partial charge in [0.25, 0.3) is 5.91 Å². The average Bonchev–Trinajstić information content (AvgIpc) is 3.10. The standard InChI is InChI=1S/C25H30F3N5O3/c1-31-13-22(29-15-31)24(35)33(9-16-4-2-7-18(8-16)36-25(26,27)28)12-21-19-10-32(11-20(19)21)14-23(34)30-17-5-3-6-17/h2,4,7-8,13,15,17,19-21H,3,5-6,9-12,14H2,1H3,(H,30,34). The lowest BCUT2D eigenvalue weighted by molar-refractivity contribution is -0.274. The smallest absolute Gasteiger partial charge is 0.406 e. The summed E-state index contributed by atoms with van der Waals surface area (Å²) in [5, 5.41) is 3.07. The van der Waals surface area contributed by atoms with E-state index in [-0.39, 0.29) is 24.1 Å². The monoisotopic (exact) mass is 505 g/mol. The Morgan fingerprint density at radius 1 is 1.22 bits per heavy atom. The number of hydrogen-bond donors (Lipinski definition) is 1. The minimum Gasteiger partial charge on any atom is -0.406 e. The quantitative estimate of drug-likeness (QED) is 0.567. The van der Waals surface area contributed by atoms with Crippen molar-refractivity contribution >= 4 is 11.8 Å². The molecule has 0 bridgehead atoms. The minimum atomic E-state index is -4.78. The van der Waals surface area contributed by atoms with Gasteiger partial charge in [-0.3, -0.25) is 14.5 Å². The van der Waals surface area contributed by atoms with Gasteiger partial charge >= 0.3 is 6.36 Å². The molecule has 2 saturated carbocycles. The highest BCUT2D eigenvalue weighted by Gasteiger charge is 2.56. The number of aromatic nitrogens is 2. The number of carbonyl (C=O) groups is 2. The van der Waals surface area contributed by atoms with E-state index in [4.69, 9.17) is 0 Å². The van der Waals surface area contributed by atoms with Crippen LogP contribution in [-0.2, 0) is 18.4 Å². The Labute approximate surface area is 207 Å². The molecule has 11 heteroatoms. The summed E-state index contributed by atoms with van der Waals surface area (Å²) in [6, 6.07) is 6.04. The van der Waals surface area contributed by atoms with Crippen molar-refractivity contribution in [2.45, 2.75) is 38.2 Å². The first-order chi connectivity index (χ1) is 17.1. The molecular formula is C25H30F3N5O3. The highest BCUT2D eigenvalue weighted by molar-refractivity contribution is 5.92. The Kier molecular flexibility index (Phi) is 6.67. The number of likely N-dealkylation sites (tertiary alicyclic amines) is 1. The lowest BCUT2D eigenvalue weighted by Gasteiger charge is -2.28. The number of amides is 2. The molecular weight excluding hydrogens is 475 g/mol. The molecule has 0 radical (unpaired) electrons. The van der Waals surface area contributed by atoms with Gasteiger partial charge in [0.05, 0.1) is 12.9 Å². The van der Waals surface area contributed by atoms with Crippen molar-refractivity contribution in [1.29, 1.82) is 0 Å². The van der Waals surface area contributed by atoms with Crippen LogP contribution in [-0.4, -0.2) is 69.7 Å². The molecule has 2 heterocycles. The first kappa shape index (κ1) is 24.6. The highest BCUT2D eigenvalue weighted by atomic mass is 19.4. The third-order valence-corrected chi connectivity index (χ3v) is 7.43. The summed E-state index contributed by atoms with van der Waals surface area (Å²) in [5.74, 6) is 0.591. The van der Waals surface area contributed by atoms with Gasteiger partial charge in [0.15, 0.2) is 0 Å². The Balaban J connectivity index is 1.21. The SMILES string of the molecule is Cn1cnc(C(=O)N(Cc2cccc(OC(F)(F)F)c2)CC2C3CN(CC(=O)NC4CCC4)CC32)c1. The Hall–Kier alpha value is -3.08. The first-order valence-corrected chi connectivity index (χ1v) is 12.3. The third kappa shape index (κ3) is 5.83. The molecule has 1 aliphatic heterocycles. The molecule has 0 spiro atoms. The largest absolute Gasteiger partial charge is 0.573 e. The van der Waals surface area contributed by atoms with Crippen LogP contribution in [0.4, 0.5) is 13.2 Å². The van der Waals surface area contributed by atoms with E-state index in [2.05, 4.69) is 19.9 Å². The van der Waals surface area contributed by atoms with Crippen LogP contribution in [0.3, 0.4) is 0 Å². The molecule has 2 unspecified atom stereocenters. The number of alkyl halides is 3. The lowest BCUT2D eigenvalue weighted by Crippen LogP contribution is -2.45. The van der Waals surface area contributed by atoms with Crippen molar-refractivity contribution in [3.05, 3.63) is 48.0 Å². The van der Waals surface area contributed by atoms with E-state index in [9.17, 15) is 22.8 Å². The van der Waals surface area contributed by atoms with Crippen molar-refractivity contribution in [2.24, 2.45) is 24.8 Å². The van der Waals surface area contributed by atoms with E-state index < -0.39 is 6.36 Å². The molecule has 1 aromatic heterocycles. The molecule has 2 aromatic rings. The number of carbonyl (C=O) groups excluding carboxylic acids is 2. The fraction of sp³-hybridized carbons (Fsp3) is 0.560. The number of nitrogens with one attached hydrogen (secondary N) is 1. The maximum absolute atomic E-state index is 13.3. The summed E-state index contributed by atoms with van der Waals surface area (Å²) in [7, 11) is 1.77. The van der Waals surface area contributed by atoms with Crippen LogP contribution >= 0.6 is 0 Å². The molecule has 2 atom stereocenters. The van der Waals surface area contributed by atoms with E-state index in [1.165, 1.54) is 24.6 Å². The number of hydrogen-bond acceptors (Lipinski definition) is 5. The van der Waals surface area contributed by atoms with Gasteiger partial charge in [0.2, 0.25) is 5.91 Å². The number of fused-ring (bicyclic) bond motifs is 1. The molecule has 3 fully saturated rings. The average molecular weight is 506 g/mol. The van der Waals surface area contributed by atoms with Gasteiger partial charge in [-0.1, -0.05) is 12.1 Å². The lowest BCUT2D eigenvalue weighted by atomic mass is 9.93. The van der Waals surface area contributed by atoms with Crippen LogP contribution in [0.2, 0.25) is 0 Å². The van der Waals surface area contributed by atoms with Crippen LogP contribution in [0.25, 0.3) is 0 Å². The molecule has 1 aromatic carbocycles. The summed E-state index contributed by atoms with van der Waals surface area (Å²) in [6.45, 7) is 2.66. The number of halogens is 3. The molecule has 1 saturated heterocycles. The number of rotatable bonds is 9. The van der Waals surface area contributed by atoms with Crippen molar-refractivity contribution in [1.82, 2.24) is 24.7 Å². The van der Waals surface area contributed by atoms with Crippen LogP contribution in [0.5, 0.6) is 5.75 Å². The predicted octanol–water partition coefficient (Wildman–Crippen LogP) is 2.81. The summed E-state index contributed by atoms with van der Waals surface area (Å²) in [5.41, 5.74) is 0.835. The molecule has 2 amide bonds. The van der Waals surface area contributed by atoms with Gasteiger partial charge in [-0.25, -0.2) is 4.98 Å². The zero-order chi connectivity index (χ0) is 25.4. The number of aryl methyl sites for hydroxylation is 1. The molecule has 3 aliphatic rings. The van der Waals surface area contributed by atoms with Gasteiger partial charge in [-0.2, -0.15) is 0 Å². The van der Waals surface area contributed by atoms with Gasteiger partial charge in [0.1, 0.15) is 11.4 Å². The van der Waals surface area contributed by atoms with Crippen LogP contribution < -0.4 is 10.1 Å². The molecule has 2 aliphatic carbocycles. The summed E-state index contributed by atoms with van der Waals surface area (Å²) >= 11 is 0.